The molecule has 0 heterocycles. The molecule has 44 nitrogen and oxygen atoms in total. The van der Waals surface area contributed by atoms with Crippen molar-refractivity contribution in [2.24, 2.45) is 22.7 Å². The molecular formula is C92H168O44. The van der Waals surface area contributed by atoms with E-state index in [1.54, 1.807) is 83.1 Å². The normalized spacial score (nSPS) is 11.5. The van der Waals surface area contributed by atoms with Gasteiger partial charge in [0.2, 0.25) is 13.6 Å². The predicted molar refractivity (Wildman–Crippen MR) is 488 cm³/mol. The maximum atomic E-state index is 11.3. The summed E-state index contributed by atoms with van der Waals surface area (Å²) in [4.78, 5) is 245. The van der Waals surface area contributed by atoms with E-state index in [2.05, 4.69) is 81.6 Å². The Balaban J connectivity index is -0.000000123. The first-order valence-corrected chi connectivity index (χ1v) is 44.2. The Morgan fingerprint density at radius 1 is 0.250 bits per heavy atom. The first kappa shape index (κ1) is 151. The lowest BCUT2D eigenvalue weighted by atomic mass is 9.91. The fourth-order valence-electron chi connectivity index (χ4n) is 4.76. The van der Waals surface area contributed by atoms with Crippen molar-refractivity contribution in [2.45, 2.75) is 415 Å². The predicted octanol–water partition coefficient (Wildman–Crippen LogP) is 16.6. The van der Waals surface area contributed by atoms with Gasteiger partial charge in [0.05, 0.1) is 40.5 Å². The van der Waals surface area contributed by atoms with Crippen LogP contribution < -0.4 is 0 Å². The van der Waals surface area contributed by atoms with Gasteiger partial charge in [-0.05, 0) is 188 Å². The van der Waals surface area contributed by atoms with E-state index >= 15 is 0 Å². The second-order valence-electron chi connectivity index (χ2n) is 32.3. The van der Waals surface area contributed by atoms with Crippen molar-refractivity contribution in [3.8, 4) is 0 Å². The summed E-state index contributed by atoms with van der Waals surface area (Å²) in [6.45, 7) is 69.4. The quantitative estimate of drug-likeness (QED) is 0.0138. The standard InChI is InChI=1S/2C9H16O4.4C8H14O4.C8H16O3.2C7H12O4.2C7H14O3.C6H12O3/c1-5-9(3,4)8(11)13-6-12-7(2)10;1-5-9(3,4)13-8(11)6-12-7(2)10;1-5-8(3,4)12-7(10)11-6(2)9;1-5-8(3,4)7(10)12-11-6(2)9;1-4-6(2)8(10)12-5-11-7(3)9;1-4-6(2)12-8(10)5-11-7(3)9;1-5-8(3,4)11-6-10-7(2)9;1-4-5(2)10-7(9)11-6(3)8;1-4-5(2)7(9)11-10-6(3)8;1-5-7(3,4)10-9-6(2)8;1-4-6(2)9-5-10-7(3)8;1-4-5(2)8-9-6(3)7/h2*5-6H2,1-4H3;2*5H2,1-4H3;2*6H,4-5H2,1-3H3;5-6H2,1-4H3;2*5H,4H2,1-3H3;5H2,1-4H3;6H,4-5H2,1-3H3;5H,4H2,1-3H3. The molecule has 0 aliphatic carbocycles. The van der Waals surface area contributed by atoms with Crippen LogP contribution in [-0.2, 0) is 201 Å². The van der Waals surface area contributed by atoms with Crippen molar-refractivity contribution in [3.63, 3.8) is 0 Å². The molecule has 0 N–H and O–H groups in total. The molecule has 0 spiro atoms. The van der Waals surface area contributed by atoms with Crippen LogP contribution in [0, 0.1) is 22.7 Å². The van der Waals surface area contributed by atoms with Gasteiger partial charge in [-0.2, -0.15) is 9.78 Å². The number of carbonyl (C=O) groups excluding carboxylic acids is 20. The molecule has 0 aromatic heterocycles. The highest BCUT2D eigenvalue weighted by molar-refractivity contribution is 5.81. The molecule has 0 saturated heterocycles. The first-order valence-electron chi connectivity index (χ1n) is 44.2. The lowest BCUT2D eigenvalue weighted by Gasteiger charge is -2.22. The molecule has 0 fully saturated rings. The zero-order valence-electron chi connectivity index (χ0n) is 89.2. The zero-order valence-corrected chi connectivity index (χ0v) is 89.2. The summed E-state index contributed by atoms with van der Waals surface area (Å²) in [6, 6.07) is 0. The number of rotatable bonds is 38. The summed E-state index contributed by atoms with van der Waals surface area (Å²) in [5, 5.41) is 0. The minimum Gasteiger partial charge on any atom is -0.460 e. The highest BCUT2D eigenvalue weighted by Crippen LogP contribution is 2.23. The average molecular weight is 1980 g/mol. The van der Waals surface area contributed by atoms with Gasteiger partial charge >= 0.3 is 120 Å². The molecule has 800 valence electrons. The van der Waals surface area contributed by atoms with Crippen LogP contribution in [-0.4, -0.2) is 207 Å². The Morgan fingerprint density at radius 3 is 0.934 bits per heavy atom. The van der Waals surface area contributed by atoms with Crippen LogP contribution in [0.3, 0.4) is 0 Å². The van der Waals surface area contributed by atoms with E-state index in [9.17, 15) is 95.9 Å². The summed E-state index contributed by atoms with van der Waals surface area (Å²) >= 11 is 0. The van der Waals surface area contributed by atoms with Gasteiger partial charge in [0.25, 0.3) is 0 Å². The Morgan fingerprint density at radius 2 is 0.581 bits per heavy atom. The average Bonchev–Trinajstić information content (AvgIpc) is 0.899. The smallest absolute Gasteiger partial charge is 0.460 e. The maximum absolute atomic E-state index is 11.3. The van der Waals surface area contributed by atoms with E-state index in [-0.39, 0.29) is 112 Å². The van der Waals surface area contributed by atoms with E-state index in [1.165, 1.54) is 69.2 Å². The van der Waals surface area contributed by atoms with Gasteiger partial charge in [-0.3, -0.25) is 57.7 Å². The topological polar surface area (TPSA) is 563 Å². The Hall–Kier alpha value is -10.8. The van der Waals surface area contributed by atoms with Crippen molar-refractivity contribution < 1.29 is 211 Å². The third-order valence-electron chi connectivity index (χ3n) is 16.7. The van der Waals surface area contributed by atoms with Gasteiger partial charge in [-0.15, -0.1) is 0 Å². The summed E-state index contributed by atoms with van der Waals surface area (Å²) < 4.78 is 74.2. The molecule has 0 rings (SSSR count). The number of hydrogen-bond donors (Lipinski definition) is 0. The Labute approximate surface area is 805 Å². The van der Waals surface area contributed by atoms with Gasteiger partial charge in [0, 0.05) is 83.1 Å². The summed E-state index contributed by atoms with van der Waals surface area (Å²) in [5.74, 6) is -8.97. The molecule has 6 unspecified atom stereocenters. The van der Waals surface area contributed by atoms with Crippen molar-refractivity contribution in [2.75, 3.05) is 40.4 Å². The molecule has 0 aromatic rings. The maximum Gasteiger partial charge on any atom is 0.516 e. The Kier molecular flexibility index (Phi) is 99.2. The summed E-state index contributed by atoms with van der Waals surface area (Å²) in [6.07, 6.45) is 7.00. The zero-order chi connectivity index (χ0) is 110. The third kappa shape index (κ3) is 125. The largest absolute Gasteiger partial charge is 0.516 e. The van der Waals surface area contributed by atoms with Crippen molar-refractivity contribution >= 4 is 120 Å². The van der Waals surface area contributed by atoms with Crippen LogP contribution in [0.2, 0.25) is 0 Å². The molecule has 0 saturated carbocycles. The lowest BCUT2D eigenvalue weighted by Crippen LogP contribution is -2.29. The number of ether oxygens (including phenoxy) is 16. The summed E-state index contributed by atoms with van der Waals surface area (Å²) in [5.41, 5.74) is -2.75. The molecule has 0 aliphatic heterocycles. The van der Waals surface area contributed by atoms with E-state index in [0.717, 1.165) is 58.8 Å². The molecular weight excluding hydrogens is 1810 g/mol. The molecule has 0 aliphatic rings. The third-order valence-corrected chi connectivity index (χ3v) is 16.7. The highest BCUT2D eigenvalue weighted by Gasteiger charge is 2.30. The van der Waals surface area contributed by atoms with E-state index in [0.29, 0.717) is 32.1 Å². The monoisotopic (exact) mass is 1980 g/mol. The van der Waals surface area contributed by atoms with Crippen molar-refractivity contribution in [1.29, 1.82) is 0 Å². The second kappa shape index (κ2) is 89.5. The van der Waals surface area contributed by atoms with Gasteiger partial charge in [0.1, 0.15) is 29.0 Å². The van der Waals surface area contributed by atoms with Gasteiger partial charge in [-0.1, -0.05) is 96.9 Å². The van der Waals surface area contributed by atoms with E-state index in [1.807, 2.05) is 125 Å². The van der Waals surface area contributed by atoms with Crippen LogP contribution in [0.4, 0.5) is 9.59 Å². The highest BCUT2D eigenvalue weighted by atomic mass is 17.2. The van der Waals surface area contributed by atoms with Crippen LogP contribution in [0.5, 0.6) is 0 Å². The summed E-state index contributed by atoms with van der Waals surface area (Å²) in [7, 11) is 0. The fourth-order valence-corrected chi connectivity index (χ4v) is 4.76. The molecule has 0 aromatic carbocycles. The first-order chi connectivity index (χ1) is 62.1. The van der Waals surface area contributed by atoms with Gasteiger partial charge in [0.15, 0.2) is 26.8 Å². The van der Waals surface area contributed by atoms with Crippen molar-refractivity contribution in [3.05, 3.63) is 0 Å². The van der Waals surface area contributed by atoms with Crippen LogP contribution >= 0.6 is 0 Å². The molecule has 0 bridgehead atoms. The molecule has 6 atom stereocenters. The minimum atomic E-state index is -0.936. The molecule has 0 radical (unpaired) electrons. The fraction of sp³-hybridized carbons (Fsp3) is 0.783. The second-order valence-corrected chi connectivity index (χ2v) is 32.3. The van der Waals surface area contributed by atoms with Crippen LogP contribution in [0.15, 0.2) is 0 Å². The number of hydrogen-bond acceptors (Lipinski definition) is 44. The number of esters is 12. The minimum absolute atomic E-state index is 0.00565. The SMILES string of the molecule is CCC(C)(C)C(=O)OCOC(C)=O.CCC(C)(C)C(=O)OOC(C)=O.CCC(C)(C)OC(=O)COC(C)=O.CCC(C)(C)OC(=O)OC(C)=O.CCC(C)(C)OCOC(C)=O.CCC(C)(C)OOC(C)=O.CCC(C)C(=O)OCOC(C)=O.CCC(C)C(=O)OOC(C)=O.CCC(C)OC(=O)COC(C)=O.CCC(C)OC(=O)OC(C)=O.CCC(C)OCOC(C)=O.CCC(C)OOC(C)=O. The van der Waals surface area contributed by atoms with Crippen LogP contribution in [0.25, 0.3) is 0 Å². The van der Waals surface area contributed by atoms with Gasteiger partial charge in [-0.25, -0.2) is 67.5 Å². The number of carbonyl (C=O) groups is 20. The van der Waals surface area contributed by atoms with Crippen LogP contribution in [0.1, 0.15) is 368 Å². The molecule has 0 amide bonds. The lowest BCUT2D eigenvalue weighted by molar-refractivity contribution is -0.323. The molecule has 136 heavy (non-hydrogen) atoms. The van der Waals surface area contributed by atoms with Crippen molar-refractivity contribution in [1.82, 2.24) is 0 Å². The van der Waals surface area contributed by atoms with E-state index in [4.69, 9.17) is 33.3 Å². The van der Waals surface area contributed by atoms with Gasteiger partial charge < -0.3 is 75.8 Å². The molecule has 44 heteroatoms. The Bertz CT molecular complexity index is 3370. The van der Waals surface area contributed by atoms with E-state index < -0.39 is 118 Å².